The zero-order chi connectivity index (χ0) is 12.6. The summed E-state index contributed by atoms with van der Waals surface area (Å²) < 4.78 is 0. The van der Waals surface area contributed by atoms with Crippen molar-refractivity contribution in [1.29, 1.82) is 0 Å². The Kier molecular flexibility index (Phi) is 6.36. The molecule has 0 aliphatic carbocycles. The van der Waals surface area contributed by atoms with E-state index in [-0.39, 0.29) is 6.42 Å². The molecule has 0 aliphatic heterocycles. The van der Waals surface area contributed by atoms with Crippen molar-refractivity contribution in [2.75, 3.05) is 6.54 Å². The Bertz CT molecular complexity index is 270. The van der Waals surface area contributed by atoms with Crippen LogP contribution in [0.25, 0.3) is 0 Å². The van der Waals surface area contributed by atoms with Crippen molar-refractivity contribution >= 4 is 18.0 Å². The van der Waals surface area contributed by atoms with Crippen LogP contribution in [0, 0.1) is 0 Å². The molecule has 0 rings (SSSR count). The smallest absolute Gasteiger partial charge is 0.348 e. The van der Waals surface area contributed by atoms with E-state index in [2.05, 4.69) is 15.9 Å². The highest BCUT2D eigenvalue weighted by atomic mass is 16.9. The molecule has 0 radical (unpaired) electrons. The summed E-state index contributed by atoms with van der Waals surface area (Å²) in [5, 5.41) is 2.33. The van der Waals surface area contributed by atoms with Crippen LogP contribution in [0.4, 0.5) is 9.59 Å². The molecule has 0 aromatic rings. The molecule has 92 valence electrons. The van der Waals surface area contributed by atoms with Crippen LogP contribution in [0.5, 0.6) is 0 Å². The summed E-state index contributed by atoms with van der Waals surface area (Å²) in [4.78, 5) is 35.8. The minimum Gasteiger partial charge on any atom is -0.352 e. The standard InChI is InChI=1S/C7H15N5O4/c8-4(2-1-3-11-6(9)14)5(13)16-12-7(10)15/h4H,1-3,8H2,(H3,9,11,14)(H3,10,12,15)/t4-/m0/s1/i12+1. The van der Waals surface area contributed by atoms with Crippen LogP contribution in [0.2, 0.25) is 0 Å². The third-order valence-electron chi connectivity index (χ3n) is 1.55. The number of carbonyl (C=O) groups is 3. The lowest BCUT2D eigenvalue weighted by molar-refractivity contribution is -0.150. The van der Waals surface area contributed by atoms with Crippen LogP contribution in [-0.4, -0.2) is 30.6 Å². The number of primary amides is 2. The zero-order valence-corrected chi connectivity index (χ0v) is 8.56. The molecule has 8 N–H and O–H groups in total. The summed E-state index contributed by atoms with van der Waals surface area (Å²) in [6.07, 6.45) is 0.731. The molecule has 4 amide bonds. The number of nitrogens with one attached hydrogen (secondary N) is 2. The first-order chi connectivity index (χ1) is 7.43. The van der Waals surface area contributed by atoms with E-state index in [1.54, 1.807) is 5.48 Å². The number of nitrogens with two attached hydrogens (primary N) is 3. The van der Waals surface area contributed by atoms with Crippen LogP contribution in [-0.2, 0) is 9.63 Å². The van der Waals surface area contributed by atoms with Gasteiger partial charge in [-0.15, -0.1) is 0 Å². The van der Waals surface area contributed by atoms with Crippen LogP contribution >= 0.6 is 0 Å². The van der Waals surface area contributed by atoms with Gasteiger partial charge in [0.25, 0.3) is 0 Å². The molecule has 16 heavy (non-hydrogen) atoms. The van der Waals surface area contributed by atoms with Crippen molar-refractivity contribution in [2.24, 2.45) is 17.2 Å². The van der Waals surface area contributed by atoms with Gasteiger partial charge in [0, 0.05) is 6.54 Å². The molecular formula is C7H15N5O4. The Morgan fingerprint density at radius 3 is 2.31 bits per heavy atom. The van der Waals surface area contributed by atoms with E-state index < -0.39 is 24.1 Å². The first kappa shape index (κ1) is 14.0. The molecule has 0 aromatic carbocycles. The highest BCUT2D eigenvalue weighted by molar-refractivity contribution is 5.78. The molecule has 9 nitrogen and oxygen atoms in total. The fourth-order valence-corrected chi connectivity index (χ4v) is 0.828. The van der Waals surface area contributed by atoms with Crippen LogP contribution in [0.3, 0.4) is 0 Å². The maximum absolute atomic E-state index is 11.0. The average molecular weight is 234 g/mol. The van der Waals surface area contributed by atoms with Crippen molar-refractivity contribution in [2.45, 2.75) is 18.9 Å². The lowest BCUT2D eigenvalue weighted by atomic mass is 10.2. The number of carbonyl (C=O) groups excluding carboxylic acids is 3. The molecule has 9 heteroatoms. The number of hydrogen-bond donors (Lipinski definition) is 5. The predicted molar refractivity (Wildman–Crippen MR) is 53.6 cm³/mol. The topological polar surface area (TPSA) is 163 Å². The largest absolute Gasteiger partial charge is 0.352 e. The Labute approximate surface area is 91.6 Å². The second kappa shape index (κ2) is 7.29. The van der Waals surface area contributed by atoms with Gasteiger partial charge in [-0.3, -0.25) is 0 Å². The van der Waals surface area contributed by atoms with Crippen molar-refractivity contribution in [3.8, 4) is 0 Å². The molecule has 0 heterocycles. The molecule has 0 spiro atoms. The minimum absolute atomic E-state index is 0.277. The Hall–Kier alpha value is -2.03. The number of hydroxylamine groups is 1. The molecule has 0 aromatic heterocycles. The van der Waals surface area contributed by atoms with Gasteiger partial charge in [-0.1, -0.05) is 0 Å². The molecule has 0 saturated heterocycles. The van der Waals surface area contributed by atoms with Gasteiger partial charge < -0.3 is 27.4 Å². The Balaban J connectivity index is 3.62. The third-order valence-corrected chi connectivity index (χ3v) is 1.55. The summed E-state index contributed by atoms with van der Waals surface area (Å²) in [6.45, 7) is 0.305. The van der Waals surface area contributed by atoms with Gasteiger partial charge in [0.15, 0.2) is 0 Å². The van der Waals surface area contributed by atoms with Crippen LogP contribution in [0.15, 0.2) is 0 Å². The van der Waals surface area contributed by atoms with E-state index in [0.29, 0.717) is 13.0 Å². The van der Waals surface area contributed by atoms with Gasteiger partial charge in [-0.25, -0.2) is 14.4 Å². The van der Waals surface area contributed by atoms with E-state index in [9.17, 15) is 14.4 Å². The number of urea groups is 2. The van der Waals surface area contributed by atoms with Crippen molar-refractivity contribution < 1.29 is 19.2 Å². The third kappa shape index (κ3) is 7.38. The van der Waals surface area contributed by atoms with Gasteiger partial charge >= 0.3 is 18.0 Å². The first-order valence-corrected chi connectivity index (χ1v) is 4.48. The molecule has 0 unspecified atom stereocenters. The molecule has 1 atom stereocenters. The lowest BCUT2D eigenvalue weighted by Gasteiger charge is -2.10. The highest BCUT2D eigenvalue weighted by Gasteiger charge is 2.15. The zero-order valence-electron chi connectivity index (χ0n) is 8.56. The lowest BCUT2D eigenvalue weighted by Crippen LogP contribution is -2.40. The molecule has 0 fully saturated rings. The Morgan fingerprint density at radius 2 is 1.81 bits per heavy atom. The maximum Gasteiger partial charge on any atom is 0.348 e. The predicted octanol–water partition coefficient (Wildman–Crippen LogP) is -2.11. The summed E-state index contributed by atoms with van der Waals surface area (Å²) in [7, 11) is 0. The van der Waals surface area contributed by atoms with Gasteiger partial charge in [0.05, 0.1) is 0 Å². The number of rotatable bonds is 5. The van der Waals surface area contributed by atoms with Gasteiger partial charge in [0.1, 0.15) is 6.04 Å². The molecular weight excluding hydrogens is 219 g/mol. The molecule has 0 aliphatic rings. The summed E-state index contributed by atoms with van der Waals surface area (Å²) in [5.41, 5.74) is 16.5. The van der Waals surface area contributed by atoms with Gasteiger partial charge in [-0.2, -0.15) is 5.48 Å². The second-order valence-corrected chi connectivity index (χ2v) is 2.93. The summed E-state index contributed by atoms with van der Waals surface area (Å²) >= 11 is 0. The van der Waals surface area contributed by atoms with E-state index in [1.165, 1.54) is 0 Å². The first-order valence-electron chi connectivity index (χ1n) is 4.48. The fraction of sp³-hybridized carbons (Fsp3) is 0.571. The second-order valence-electron chi connectivity index (χ2n) is 2.93. The normalized spacial score (nSPS) is 11.3. The van der Waals surface area contributed by atoms with E-state index in [4.69, 9.17) is 11.5 Å². The van der Waals surface area contributed by atoms with Crippen molar-refractivity contribution in [3.05, 3.63) is 0 Å². The highest BCUT2D eigenvalue weighted by Crippen LogP contribution is 1.95. The quantitative estimate of drug-likeness (QED) is 0.208. The fourth-order valence-electron chi connectivity index (χ4n) is 0.828. The maximum atomic E-state index is 11.0. The molecule has 0 bridgehead atoms. The van der Waals surface area contributed by atoms with E-state index >= 15 is 0 Å². The van der Waals surface area contributed by atoms with Crippen molar-refractivity contribution in [3.63, 3.8) is 0 Å². The average Bonchev–Trinajstić information content (AvgIpc) is 2.20. The Morgan fingerprint density at radius 1 is 1.19 bits per heavy atom. The van der Waals surface area contributed by atoms with Gasteiger partial charge in [-0.05, 0) is 12.8 Å². The monoisotopic (exact) mass is 234 g/mol. The number of amides is 4. The summed E-state index contributed by atoms with van der Waals surface area (Å²) in [6, 6.07) is -2.54. The van der Waals surface area contributed by atoms with Crippen molar-refractivity contribution in [1.82, 2.24) is 10.8 Å². The molecule has 0 saturated carbocycles. The van der Waals surface area contributed by atoms with Crippen LogP contribution < -0.4 is 28.0 Å². The number of hydrogen-bond acceptors (Lipinski definition) is 5. The van der Waals surface area contributed by atoms with Gasteiger partial charge in [0.2, 0.25) is 0 Å². The minimum atomic E-state index is -0.990. The SMILES string of the molecule is NC(=O)NCCC[C@H](N)C(=O)O[15NH]C(N)=O. The summed E-state index contributed by atoms with van der Waals surface area (Å²) in [5.74, 6) is -0.808. The van der Waals surface area contributed by atoms with E-state index in [1.807, 2.05) is 0 Å². The van der Waals surface area contributed by atoms with E-state index in [0.717, 1.165) is 0 Å². The van der Waals surface area contributed by atoms with Crippen LogP contribution in [0.1, 0.15) is 12.8 Å².